The first-order chi connectivity index (χ1) is 4.74. The van der Waals surface area contributed by atoms with Crippen LogP contribution in [-0.2, 0) is 12.6 Å². The third-order valence-corrected chi connectivity index (χ3v) is 1.92. The predicted octanol–water partition coefficient (Wildman–Crippen LogP) is -1.48. The smallest absolute Gasteiger partial charge is 0.0640 e. The second-order valence-corrected chi connectivity index (χ2v) is 2.81. The summed E-state index contributed by atoms with van der Waals surface area (Å²) in [4.78, 5) is 1.99. The lowest BCUT2D eigenvalue weighted by atomic mass is 10.7. The summed E-state index contributed by atoms with van der Waals surface area (Å²) in [6.07, 6.45) is 0. The van der Waals surface area contributed by atoms with E-state index in [2.05, 4.69) is 5.43 Å². The zero-order chi connectivity index (χ0) is 7.56. The van der Waals surface area contributed by atoms with E-state index < -0.39 is 0 Å². The largest absolute Gasteiger partial charge is 0.757 e. The molecule has 1 unspecified atom stereocenters. The molecule has 0 aliphatic carbocycles. The molecule has 60 valence electrons. The second-order valence-electron chi connectivity index (χ2n) is 2.37. The van der Waals surface area contributed by atoms with Crippen LogP contribution in [0.5, 0.6) is 0 Å². The molecule has 1 aliphatic rings. The monoisotopic (exact) mass is 162 g/mol. The van der Waals surface area contributed by atoms with Crippen molar-refractivity contribution in [2.45, 2.75) is 5.50 Å². The number of nitrogens with zero attached hydrogens (tertiary/aromatic N) is 2. The minimum atomic E-state index is -0.0217. The molecule has 0 radical (unpaired) electrons. The summed E-state index contributed by atoms with van der Waals surface area (Å²) in [6.45, 7) is 1.59. The summed E-state index contributed by atoms with van der Waals surface area (Å²) in [5.74, 6) is 0. The van der Waals surface area contributed by atoms with E-state index in [-0.39, 0.29) is 12.1 Å². The SMILES string of the molecule is CN1CN(CCO)NC1[S-]. The Morgan fingerprint density at radius 3 is 2.90 bits per heavy atom. The van der Waals surface area contributed by atoms with Gasteiger partial charge in [-0.1, -0.05) is 0 Å². The standard InChI is InChI=1S/C5H13N3OS/c1-7-4-8(2-3-9)6-5(7)10/h5-6,9-10H,2-4H2,1H3/p-1. The molecular weight excluding hydrogens is 150 g/mol. The van der Waals surface area contributed by atoms with E-state index in [1.54, 1.807) is 0 Å². The molecule has 4 nitrogen and oxygen atoms in total. The first kappa shape index (κ1) is 8.29. The average molecular weight is 162 g/mol. The van der Waals surface area contributed by atoms with Crippen molar-refractivity contribution in [2.75, 3.05) is 26.9 Å². The molecule has 1 atom stereocenters. The molecule has 0 spiro atoms. The van der Waals surface area contributed by atoms with E-state index in [1.165, 1.54) is 0 Å². The van der Waals surface area contributed by atoms with Crippen molar-refractivity contribution in [1.29, 1.82) is 0 Å². The third-order valence-electron chi connectivity index (χ3n) is 1.46. The van der Waals surface area contributed by atoms with Gasteiger partial charge in [-0.3, -0.25) is 10.3 Å². The van der Waals surface area contributed by atoms with Gasteiger partial charge in [0.25, 0.3) is 0 Å². The zero-order valence-corrected chi connectivity index (χ0v) is 6.77. The van der Waals surface area contributed by atoms with Crippen LogP contribution in [0.3, 0.4) is 0 Å². The van der Waals surface area contributed by atoms with E-state index >= 15 is 0 Å². The summed E-state index contributed by atoms with van der Waals surface area (Å²) >= 11 is 5.01. The molecule has 1 fully saturated rings. The van der Waals surface area contributed by atoms with Crippen LogP contribution >= 0.6 is 0 Å². The van der Waals surface area contributed by atoms with Crippen LogP contribution in [0.1, 0.15) is 0 Å². The molecule has 2 N–H and O–H groups in total. The van der Waals surface area contributed by atoms with Crippen molar-refractivity contribution in [3.8, 4) is 0 Å². The number of rotatable bonds is 2. The van der Waals surface area contributed by atoms with Crippen LogP contribution in [0.25, 0.3) is 0 Å². The molecule has 0 saturated carbocycles. The molecule has 0 amide bonds. The maximum atomic E-state index is 8.56. The van der Waals surface area contributed by atoms with Crippen molar-refractivity contribution in [3.05, 3.63) is 0 Å². The number of aliphatic hydroxyl groups is 1. The summed E-state index contributed by atoms with van der Waals surface area (Å²) < 4.78 is 0. The number of hydrogen-bond donors (Lipinski definition) is 2. The normalized spacial score (nSPS) is 29.7. The van der Waals surface area contributed by atoms with Gasteiger partial charge in [-0.15, -0.1) is 0 Å². The fourth-order valence-electron chi connectivity index (χ4n) is 0.895. The topological polar surface area (TPSA) is 38.7 Å². The van der Waals surface area contributed by atoms with Gasteiger partial charge in [-0.2, -0.15) is 0 Å². The van der Waals surface area contributed by atoms with Crippen molar-refractivity contribution in [3.63, 3.8) is 0 Å². The fourth-order valence-corrected chi connectivity index (χ4v) is 1.11. The summed E-state index contributed by atoms with van der Waals surface area (Å²) in [5, 5.41) is 10.5. The Labute approximate surface area is 66.2 Å². The maximum Gasteiger partial charge on any atom is 0.0640 e. The molecule has 1 saturated heterocycles. The van der Waals surface area contributed by atoms with Crippen LogP contribution in [0.15, 0.2) is 0 Å². The second kappa shape index (κ2) is 3.54. The summed E-state index contributed by atoms with van der Waals surface area (Å²) in [5.41, 5.74) is 3.00. The minimum absolute atomic E-state index is 0.0217. The van der Waals surface area contributed by atoms with Crippen LogP contribution in [0.4, 0.5) is 0 Å². The van der Waals surface area contributed by atoms with Crippen molar-refractivity contribution >= 4 is 12.6 Å². The van der Waals surface area contributed by atoms with Gasteiger partial charge in [-0.05, 0) is 12.5 Å². The van der Waals surface area contributed by atoms with Crippen LogP contribution in [0.2, 0.25) is 0 Å². The highest BCUT2D eigenvalue weighted by molar-refractivity contribution is 7.59. The van der Waals surface area contributed by atoms with Gasteiger partial charge in [0.15, 0.2) is 0 Å². The van der Waals surface area contributed by atoms with Gasteiger partial charge in [0.1, 0.15) is 0 Å². The Hall–Kier alpha value is 0.190. The van der Waals surface area contributed by atoms with Crippen molar-refractivity contribution < 1.29 is 5.11 Å². The average Bonchev–Trinajstić information content (AvgIpc) is 2.14. The van der Waals surface area contributed by atoms with Gasteiger partial charge < -0.3 is 17.7 Å². The number of β-amino-alcohol motifs (C(OH)–C–C–N with tert-alkyl or cyclic N) is 1. The number of aliphatic hydroxyl groups excluding tert-OH is 1. The minimum Gasteiger partial charge on any atom is -0.757 e. The Morgan fingerprint density at radius 1 is 1.80 bits per heavy atom. The zero-order valence-electron chi connectivity index (χ0n) is 5.95. The fraction of sp³-hybridized carbons (Fsp3) is 1.00. The molecule has 0 aromatic carbocycles. The molecule has 0 aromatic heterocycles. The van der Waals surface area contributed by atoms with Crippen LogP contribution in [0, 0.1) is 0 Å². The predicted molar refractivity (Wildman–Crippen MR) is 40.7 cm³/mol. The number of nitrogens with one attached hydrogen (secondary N) is 1. The molecular formula is C5H12N3OS-. The van der Waals surface area contributed by atoms with Gasteiger partial charge in [0.2, 0.25) is 0 Å². The molecule has 10 heavy (non-hydrogen) atoms. The van der Waals surface area contributed by atoms with Gasteiger partial charge >= 0.3 is 0 Å². The molecule has 0 bridgehead atoms. The van der Waals surface area contributed by atoms with E-state index in [9.17, 15) is 0 Å². The van der Waals surface area contributed by atoms with Crippen molar-refractivity contribution in [2.24, 2.45) is 0 Å². The number of hydrogen-bond acceptors (Lipinski definition) is 5. The highest BCUT2D eigenvalue weighted by atomic mass is 32.1. The summed E-state index contributed by atoms with van der Waals surface area (Å²) in [6, 6.07) is 0. The van der Waals surface area contributed by atoms with Gasteiger partial charge in [0, 0.05) is 6.54 Å². The van der Waals surface area contributed by atoms with E-state index in [1.807, 2.05) is 17.0 Å². The molecule has 1 aliphatic heterocycles. The lowest BCUT2D eigenvalue weighted by molar-refractivity contribution is 0.170. The van der Waals surface area contributed by atoms with E-state index in [0.29, 0.717) is 6.54 Å². The lowest BCUT2D eigenvalue weighted by Crippen LogP contribution is -2.36. The highest BCUT2D eigenvalue weighted by Crippen LogP contribution is 2.01. The lowest BCUT2D eigenvalue weighted by Gasteiger charge is -2.22. The van der Waals surface area contributed by atoms with Crippen LogP contribution in [-0.4, -0.2) is 47.4 Å². The molecule has 1 heterocycles. The van der Waals surface area contributed by atoms with E-state index in [4.69, 9.17) is 17.7 Å². The highest BCUT2D eigenvalue weighted by Gasteiger charge is 2.16. The molecule has 0 aromatic rings. The van der Waals surface area contributed by atoms with Crippen LogP contribution < -0.4 is 5.43 Å². The Bertz CT molecular complexity index is 103. The summed E-state index contributed by atoms with van der Waals surface area (Å²) in [7, 11) is 1.95. The van der Waals surface area contributed by atoms with E-state index in [0.717, 1.165) is 6.67 Å². The quantitative estimate of drug-likeness (QED) is 0.484. The molecule has 5 heteroatoms. The number of hydrazine groups is 1. The Kier molecular flexibility index (Phi) is 2.94. The van der Waals surface area contributed by atoms with Crippen molar-refractivity contribution in [1.82, 2.24) is 15.3 Å². The Balaban J connectivity index is 2.27. The maximum absolute atomic E-state index is 8.56. The van der Waals surface area contributed by atoms with Gasteiger partial charge in [0.05, 0.1) is 13.3 Å². The first-order valence-corrected chi connectivity index (χ1v) is 3.69. The van der Waals surface area contributed by atoms with Gasteiger partial charge in [-0.25, -0.2) is 5.01 Å². The Morgan fingerprint density at radius 2 is 2.50 bits per heavy atom. The first-order valence-electron chi connectivity index (χ1n) is 3.22. The molecule has 1 rings (SSSR count). The third kappa shape index (κ3) is 1.83.